The van der Waals surface area contributed by atoms with Crippen LogP contribution in [0.3, 0.4) is 0 Å². The third kappa shape index (κ3) is 3.47. The van der Waals surface area contributed by atoms with Crippen molar-refractivity contribution < 1.29 is 9.90 Å². The van der Waals surface area contributed by atoms with E-state index in [9.17, 15) is 9.90 Å². The lowest BCUT2D eigenvalue weighted by atomic mass is 10.0. The summed E-state index contributed by atoms with van der Waals surface area (Å²) in [7, 11) is 0. The largest absolute Gasteiger partial charge is 0.388 e. The van der Waals surface area contributed by atoms with Crippen molar-refractivity contribution in [1.29, 1.82) is 0 Å². The van der Waals surface area contributed by atoms with Gasteiger partial charge >= 0.3 is 0 Å². The summed E-state index contributed by atoms with van der Waals surface area (Å²) in [5.41, 5.74) is -0.583. The molecule has 0 aromatic carbocycles. The topological polar surface area (TPSA) is 62.2 Å². The first-order valence-electron chi connectivity index (χ1n) is 5.07. The van der Waals surface area contributed by atoms with Crippen LogP contribution < -0.4 is 5.32 Å². The maximum absolute atomic E-state index is 11.7. The minimum absolute atomic E-state index is 0.163. The van der Waals surface area contributed by atoms with Gasteiger partial charge in [0.25, 0.3) is 5.91 Å². The molecule has 0 radical (unpaired) electrons. The second-order valence-electron chi connectivity index (χ2n) is 3.87. The Bertz CT molecular complexity index is 380. The molecule has 2 N–H and O–H groups in total. The quantitative estimate of drug-likeness (QED) is 0.789. The van der Waals surface area contributed by atoms with Crippen LogP contribution in [0.2, 0.25) is 5.15 Å². The summed E-state index contributed by atoms with van der Waals surface area (Å²) in [6.45, 7) is 3.70. The average molecular weight is 243 g/mol. The van der Waals surface area contributed by atoms with E-state index in [1.807, 2.05) is 6.92 Å². The second kappa shape index (κ2) is 5.27. The van der Waals surface area contributed by atoms with Gasteiger partial charge in [-0.05, 0) is 25.5 Å². The highest BCUT2D eigenvalue weighted by atomic mass is 35.5. The van der Waals surface area contributed by atoms with Crippen molar-refractivity contribution in [2.45, 2.75) is 25.9 Å². The van der Waals surface area contributed by atoms with E-state index in [0.29, 0.717) is 12.0 Å². The van der Waals surface area contributed by atoms with E-state index in [1.54, 1.807) is 19.1 Å². The SMILES string of the molecule is CCC(C)(O)CNC(=O)c1cccnc1Cl. The van der Waals surface area contributed by atoms with Gasteiger partial charge < -0.3 is 10.4 Å². The standard InChI is InChI=1S/C11H15ClN2O2/c1-3-11(2,16)7-14-10(15)8-5-4-6-13-9(8)12/h4-6,16H,3,7H2,1-2H3,(H,14,15). The summed E-state index contributed by atoms with van der Waals surface area (Å²) in [6, 6.07) is 3.23. The van der Waals surface area contributed by atoms with Crippen molar-refractivity contribution in [3.63, 3.8) is 0 Å². The Balaban J connectivity index is 2.64. The number of aliphatic hydroxyl groups is 1. The Morgan fingerprint density at radius 2 is 2.38 bits per heavy atom. The molecule has 1 aromatic rings. The first kappa shape index (κ1) is 12.9. The normalized spacial score (nSPS) is 14.2. The first-order valence-corrected chi connectivity index (χ1v) is 5.45. The molecular formula is C11H15ClN2O2. The number of nitrogens with zero attached hydrogens (tertiary/aromatic N) is 1. The van der Waals surface area contributed by atoms with Gasteiger partial charge in [-0.15, -0.1) is 0 Å². The summed E-state index contributed by atoms with van der Waals surface area (Å²) in [6.07, 6.45) is 2.08. The maximum Gasteiger partial charge on any atom is 0.254 e. The van der Waals surface area contributed by atoms with Gasteiger partial charge in [-0.2, -0.15) is 0 Å². The molecule has 0 spiro atoms. The van der Waals surface area contributed by atoms with E-state index >= 15 is 0 Å². The van der Waals surface area contributed by atoms with Gasteiger partial charge in [-0.25, -0.2) is 4.98 Å². The van der Waals surface area contributed by atoms with Crippen LogP contribution in [0.4, 0.5) is 0 Å². The lowest BCUT2D eigenvalue weighted by molar-refractivity contribution is 0.0518. The molecule has 0 saturated carbocycles. The fourth-order valence-electron chi connectivity index (χ4n) is 1.05. The van der Waals surface area contributed by atoms with Crippen LogP contribution in [0.1, 0.15) is 30.6 Å². The minimum Gasteiger partial charge on any atom is -0.388 e. The number of carbonyl (C=O) groups is 1. The van der Waals surface area contributed by atoms with Crippen molar-refractivity contribution >= 4 is 17.5 Å². The number of hydrogen-bond acceptors (Lipinski definition) is 3. The fourth-order valence-corrected chi connectivity index (χ4v) is 1.25. The predicted octanol–water partition coefficient (Wildman–Crippen LogP) is 1.63. The minimum atomic E-state index is -0.898. The Labute approximate surface area is 99.6 Å². The molecule has 5 heteroatoms. The van der Waals surface area contributed by atoms with Crippen LogP contribution in [0, 0.1) is 0 Å². The number of amides is 1. The molecule has 1 aromatic heterocycles. The van der Waals surface area contributed by atoms with Gasteiger partial charge in [0.15, 0.2) is 0 Å². The van der Waals surface area contributed by atoms with Crippen LogP contribution in [0.15, 0.2) is 18.3 Å². The van der Waals surface area contributed by atoms with Crippen molar-refractivity contribution in [3.8, 4) is 0 Å². The molecule has 0 saturated heterocycles. The van der Waals surface area contributed by atoms with Gasteiger partial charge in [0.1, 0.15) is 5.15 Å². The number of rotatable bonds is 4. The zero-order valence-electron chi connectivity index (χ0n) is 9.33. The van der Waals surface area contributed by atoms with E-state index in [2.05, 4.69) is 10.3 Å². The maximum atomic E-state index is 11.7. The molecule has 1 rings (SSSR count). The summed E-state index contributed by atoms with van der Waals surface area (Å²) in [5, 5.41) is 12.5. The average Bonchev–Trinajstić information content (AvgIpc) is 2.27. The molecule has 1 unspecified atom stereocenters. The molecule has 16 heavy (non-hydrogen) atoms. The third-order valence-electron chi connectivity index (χ3n) is 2.40. The number of carbonyl (C=O) groups excluding carboxylic acids is 1. The number of nitrogens with one attached hydrogen (secondary N) is 1. The second-order valence-corrected chi connectivity index (χ2v) is 4.23. The summed E-state index contributed by atoms with van der Waals surface area (Å²) >= 11 is 5.77. The molecule has 0 fully saturated rings. The van der Waals surface area contributed by atoms with Crippen LogP contribution in [0.5, 0.6) is 0 Å². The molecule has 0 aliphatic rings. The van der Waals surface area contributed by atoms with Gasteiger partial charge in [0.05, 0.1) is 11.2 Å². The summed E-state index contributed by atoms with van der Waals surface area (Å²) < 4.78 is 0. The van der Waals surface area contributed by atoms with Gasteiger partial charge in [-0.1, -0.05) is 18.5 Å². The van der Waals surface area contributed by atoms with E-state index in [0.717, 1.165) is 0 Å². The van der Waals surface area contributed by atoms with Crippen molar-refractivity contribution in [3.05, 3.63) is 29.0 Å². The Kier molecular flexibility index (Phi) is 4.26. The first-order chi connectivity index (χ1) is 7.46. The third-order valence-corrected chi connectivity index (χ3v) is 2.70. The molecular weight excluding hydrogens is 228 g/mol. The Hall–Kier alpha value is -1.13. The summed E-state index contributed by atoms with van der Waals surface area (Å²) in [5.74, 6) is -0.327. The smallest absolute Gasteiger partial charge is 0.254 e. The zero-order valence-corrected chi connectivity index (χ0v) is 10.1. The van der Waals surface area contributed by atoms with Crippen LogP contribution >= 0.6 is 11.6 Å². The molecule has 1 amide bonds. The van der Waals surface area contributed by atoms with Gasteiger partial charge in [0.2, 0.25) is 0 Å². The molecule has 88 valence electrons. The molecule has 0 bridgehead atoms. The zero-order chi connectivity index (χ0) is 12.2. The van der Waals surface area contributed by atoms with Crippen LogP contribution in [0.25, 0.3) is 0 Å². The molecule has 1 atom stereocenters. The monoisotopic (exact) mass is 242 g/mol. The molecule has 0 aliphatic heterocycles. The van der Waals surface area contributed by atoms with Crippen molar-refractivity contribution in [2.75, 3.05) is 6.54 Å². The molecule has 4 nitrogen and oxygen atoms in total. The van der Waals surface area contributed by atoms with Crippen LogP contribution in [-0.4, -0.2) is 28.1 Å². The number of pyridine rings is 1. The number of aromatic nitrogens is 1. The lowest BCUT2D eigenvalue weighted by Crippen LogP contribution is -2.40. The molecule has 1 heterocycles. The Morgan fingerprint density at radius 3 is 2.94 bits per heavy atom. The highest BCUT2D eigenvalue weighted by Crippen LogP contribution is 2.12. The van der Waals surface area contributed by atoms with Crippen molar-refractivity contribution in [1.82, 2.24) is 10.3 Å². The van der Waals surface area contributed by atoms with E-state index in [4.69, 9.17) is 11.6 Å². The van der Waals surface area contributed by atoms with Gasteiger partial charge in [0, 0.05) is 12.7 Å². The summed E-state index contributed by atoms with van der Waals surface area (Å²) in [4.78, 5) is 15.5. The van der Waals surface area contributed by atoms with Gasteiger partial charge in [-0.3, -0.25) is 4.79 Å². The van der Waals surface area contributed by atoms with E-state index in [1.165, 1.54) is 6.20 Å². The van der Waals surface area contributed by atoms with E-state index < -0.39 is 5.60 Å². The van der Waals surface area contributed by atoms with Crippen molar-refractivity contribution in [2.24, 2.45) is 0 Å². The molecule has 0 aliphatic carbocycles. The van der Waals surface area contributed by atoms with E-state index in [-0.39, 0.29) is 17.6 Å². The van der Waals surface area contributed by atoms with Crippen LogP contribution in [-0.2, 0) is 0 Å². The highest BCUT2D eigenvalue weighted by molar-refractivity contribution is 6.32. The lowest BCUT2D eigenvalue weighted by Gasteiger charge is -2.21. The predicted molar refractivity (Wildman–Crippen MR) is 62.5 cm³/mol. The number of halogens is 1. The number of hydrogen-bond donors (Lipinski definition) is 2. The Morgan fingerprint density at radius 1 is 1.69 bits per heavy atom. The highest BCUT2D eigenvalue weighted by Gasteiger charge is 2.19. The fraction of sp³-hybridized carbons (Fsp3) is 0.455.